The fraction of sp³-hybridized carbons (Fsp3) is 0.550. The number of allylic oxidation sites excluding steroid dienone is 2. The van der Waals surface area contributed by atoms with Crippen LogP contribution in [0.3, 0.4) is 0 Å². The third-order valence-corrected chi connectivity index (χ3v) is 7.39. The normalized spacial score (nSPS) is 47.1. The first-order valence-corrected chi connectivity index (χ1v) is 8.65. The van der Waals surface area contributed by atoms with Gasteiger partial charge in [-0.15, -0.1) is 0 Å². The number of rotatable bonds is 3. The maximum atomic E-state index is 11.6. The van der Waals surface area contributed by atoms with E-state index >= 15 is 0 Å². The van der Waals surface area contributed by atoms with Gasteiger partial charge in [-0.1, -0.05) is 42.5 Å². The summed E-state index contributed by atoms with van der Waals surface area (Å²) in [7, 11) is 0. The summed E-state index contributed by atoms with van der Waals surface area (Å²) in [5.74, 6) is 2.36. The highest BCUT2D eigenvalue weighted by molar-refractivity contribution is 5.71. The Morgan fingerprint density at radius 2 is 1.95 bits per heavy atom. The molecule has 1 aromatic rings. The lowest BCUT2D eigenvalue weighted by molar-refractivity contribution is -0.146. The van der Waals surface area contributed by atoms with E-state index in [1.807, 2.05) is 0 Å². The molecule has 4 aliphatic carbocycles. The molecule has 1 aromatic carbocycles. The van der Waals surface area contributed by atoms with Crippen molar-refractivity contribution in [3.8, 4) is 0 Å². The van der Waals surface area contributed by atoms with Crippen LogP contribution in [0.4, 0.5) is 0 Å². The minimum Gasteiger partial charge on any atom is -0.481 e. The molecule has 0 spiro atoms. The average molecular weight is 294 g/mol. The summed E-state index contributed by atoms with van der Waals surface area (Å²) in [5, 5.41) is 9.58. The Balaban J connectivity index is 1.56. The van der Waals surface area contributed by atoms with Crippen molar-refractivity contribution in [2.75, 3.05) is 0 Å². The molecule has 0 amide bonds. The van der Waals surface area contributed by atoms with E-state index in [0.717, 1.165) is 19.3 Å². The van der Waals surface area contributed by atoms with Gasteiger partial charge in [-0.25, -0.2) is 0 Å². The predicted molar refractivity (Wildman–Crippen MR) is 84.1 cm³/mol. The summed E-state index contributed by atoms with van der Waals surface area (Å²) in [4.78, 5) is 11.6. The van der Waals surface area contributed by atoms with Crippen molar-refractivity contribution in [3.63, 3.8) is 0 Å². The first-order chi connectivity index (χ1) is 10.7. The molecule has 114 valence electrons. The maximum Gasteiger partial charge on any atom is 0.306 e. The fourth-order valence-corrected chi connectivity index (χ4v) is 6.86. The molecule has 0 heterocycles. The molecule has 1 N–H and O–H groups in total. The largest absolute Gasteiger partial charge is 0.481 e. The van der Waals surface area contributed by atoms with E-state index in [2.05, 4.69) is 42.5 Å². The summed E-state index contributed by atoms with van der Waals surface area (Å²) in [6.45, 7) is 0. The van der Waals surface area contributed by atoms with Crippen molar-refractivity contribution in [3.05, 3.63) is 48.0 Å². The van der Waals surface area contributed by atoms with Crippen LogP contribution < -0.4 is 0 Å². The summed E-state index contributed by atoms with van der Waals surface area (Å²) in [6.07, 6.45) is 9.36. The van der Waals surface area contributed by atoms with E-state index in [4.69, 9.17) is 0 Å². The van der Waals surface area contributed by atoms with Crippen molar-refractivity contribution in [1.82, 2.24) is 0 Å². The van der Waals surface area contributed by atoms with Crippen molar-refractivity contribution in [2.45, 2.75) is 25.7 Å². The molecule has 3 saturated carbocycles. The molecule has 0 saturated heterocycles. The molecular formula is C20H22O2. The van der Waals surface area contributed by atoms with Crippen LogP contribution in [0.2, 0.25) is 0 Å². The number of carboxylic acid groups (broad SMARTS) is 1. The topological polar surface area (TPSA) is 37.3 Å². The van der Waals surface area contributed by atoms with Crippen LogP contribution in [0.1, 0.15) is 24.8 Å². The number of benzene rings is 1. The molecule has 2 nitrogen and oxygen atoms in total. The van der Waals surface area contributed by atoms with Gasteiger partial charge in [-0.05, 0) is 66.3 Å². The Morgan fingerprint density at radius 1 is 1.14 bits per heavy atom. The average Bonchev–Trinajstić information content (AvgIpc) is 3.26. The molecule has 3 fully saturated rings. The van der Waals surface area contributed by atoms with E-state index in [1.165, 1.54) is 12.0 Å². The number of carboxylic acids is 1. The minimum atomic E-state index is -0.549. The van der Waals surface area contributed by atoms with E-state index in [9.17, 15) is 9.90 Å². The zero-order valence-electron chi connectivity index (χ0n) is 12.7. The minimum absolute atomic E-state index is 0.0772. The Kier molecular flexibility index (Phi) is 2.49. The fourth-order valence-electron chi connectivity index (χ4n) is 6.86. The molecule has 4 bridgehead atoms. The number of fused-ring (bicyclic) bond motifs is 9. The van der Waals surface area contributed by atoms with E-state index in [-0.39, 0.29) is 5.92 Å². The predicted octanol–water partition coefficient (Wildman–Crippen LogP) is 3.78. The number of carbonyl (C=O) groups is 1. The lowest BCUT2D eigenvalue weighted by atomic mass is 9.56. The van der Waals surface area contributed by atoms with Crippen LogP contribution >= 0.6 is 0 Å². The van der Waals surface area contributed by atoms with Gasteiger partial charge in [0, 0.05) is 0 Å². The molecule has 0 aromatic heterocycles. The number of hydrogen-bond donors (Lipinski definition) is 1. The Hall–Kier alpha value is -1.57. The molecule has 0 radical (unpaired) electrons. The molecule has 2 heteroatoms. The molecule has 0 aliphatic heterocycles. The lowest BCUT2D eigenvalue weighted by Crippen LogP contribution is -2.45. The van der Waals surface area contributed by atoms with E-state index in [1.54, 1.807) is 0 Å². The summed E-state index contributed by atoms with van der Waals surface area (Å²) in [5.41, 5.74) is 1.80. The molecule has 4 aliphatic rings. The quantitative estimate of drug-likeness (QED) is 0.680. The maximum absolute atomic E-state index is 11.6. The van der Waals surface area contributed by atoms with Crippen LogP contribution in [0.15, 0.2) is 42.5 Å². The zero-order chi connectivity index (χ0) is 14.9. The first-order valence-electron chi connectivity index (χ1n) is 8.65. The Labute approximate surface area is 131 Å². The first kappa shape index (κ1) is 12.9. The van der Waals surface area contributed by atoms with E-state index < -0.39 is 5.97 Å². The van der Waals surface area contributed by atoms with Gasteiger partial charge in [0.2, 0.25) is 0 Å². The SMILES string of the molecule is O=C(O)C1CC2CC1C1C3C=CC(C3)C21Cc1ccccc1. The van der Waals surface area contributed by atoms with Gasteiger partial charge in [0.25, 0.3) is 0 Å². The third kappa shape index (κ3) is 1.44. The number of hydrogen-bond acceptors (Lipinski definition) is 1. The zero-order valence-corrected chi connectivity index (χ0v) is 12.7. The molecule has 5 rings (SSSR count). The van der Waals surface area contributed by atoms with Gasteiger partial charge >= 0.3 is 5.97 Å². The van der Waals surface area contributed by atoms with Gasteiger partial charge < -0.3 is 5.11 Å². The second kappa shape index (κ2) is 4.24. The van der Waals surface area contributed by atoms with Crippen LogP contribution in [-0.2, 0) is 11.2 Å². The third-order valence-electron chi connectivity index (χ3n) is 7.39. The molecular weight excluding hydrogens is 272 g/mol. The van der Waals surface area contributed by atoms with Gasteiger partial charge in [0.1, 0.15) is 0 Å². The van der Waals surface area contributed by atoms with Crippen LogP contribution in [0.25, 0.3) is 0 Å². The van der Waals surface area contributed by atoms with Crippen LogP contribution in [-0.4, -0.2) is 11.1 Å². The Morgan fingerprint density at radius 3 is 2.73 bits per heavy atom. The summed E-state index contributed by atoms with van der Waals surface area (Å²) >= 11 is 0. The van der Waals surface area contributed by atoms with Crippen molar-refractivity contribution >= 4 is 5.97 Å². The number of aliphatic carboxylic acids is 1. The summed E-state index contributed by atoms with van der Waals surface area (Å²) < 4.78 is 0. The smallest absolute Gasteiger partial charge is 0.306 e. The van der Waals surface area contributed by atoms with Crippen LogP contribution in [0, 0.1) is 40.9 Å². The molecule has 7 unspecified atom stereocenters. The Bertz CT molecular complexity index is 649. The standard InChI is InChI=1S/C20H22O2/c21-19(22)17-10-15-9-16(17)18-13-6-7-14(8-13)20(15,18)11-12-4-2-1-3-5-12/h1-7,13-18H,8-11H2,(H,21,22). The van der Waals surface area contributed by atoms with E-state index in [0.29, 0.717) is 35.0 Å². The van der Waals surface area contributed by atoms with Gasteiger partial charge in [0.15, 0.2) is 0 Å². The van der Waals surface area contributed by atoms with Crippen molar-refractivity contribution < 1.29 is 9.90 Å². The second-order valence-electron chi connectivity index (χ2n) is 7.97. The highest BCUT2D eigenvalue weighted by atomic mass is 16.4. The monoisotopic (exact) mass is 294 g/mol. The molecule has 7 atom stereocenters. The molecule has 22 heavy (non-hydrogen) atoms. The van der Waals surface area contributed by atoms with Crippen molar-refractivity contribution in [1.29, 1.82) is 0 Å². The summed E-state index contributed by atoms with van der Waals surface area (Å²) in [6, 6.07) is 10.9. The van der Waals surface area contributed by atoms with Gasteiger partial charge in [0.05, 0.1) is 5.92 Å². The van der Waals surface area contributed by atoms with Crippen LogP contribution in [0.5, 0.6) is 0 Å². The van der Waals surface area contributed by atoms with Crippen molar-refractivity contribution in [2.24, 2.45) is 40.9 Å². The van der Waals surface area contributed by atoms with Gasteiger partial charge in [-0.3, -0.25) is 4.79 Å². The lowest BCUT2D eigenvalue weighted by Gasteiger charge is -2.47. The second-order valence-corrected chi connectivity index (χ2v) is 7.97. The highest BCUT2D eigenvalue weighted by Gasteiger charge is 2.70. The highest BCUT2D eigenvalue weighted by Crippen LogP contribution is 2.74. The van der Waals surface area contributed by atoms with Gasteiger partial charge in [-0.2, -0.15) is 0 Å².